The second kappa shape index (κ2) is 6.09. The Hall–Kier alpha value is -0.820. The second-order valence-corrected chi connectivity index (χ2v) is 7.51. The van der Waals surface area contributed by atoms with Crippen molar-refractivity contribution in [3.8, 4) is 0 Å². The van der Waals surface area contributed by atoms with E-state index < -0.39 is 9.84 Å². The molecule has 3 atom stereocenters. The average Bonchev–Trinajstić information content (AvgIpc) is 2.89. The van der Waals surface area contributed by atoms with Gasteiger partial charge in [0.2, 0.25) is 0 Å². The van der Waals surface area contributed by atoms with Gasteiger partial charge in [0.05, 0.1) is 30.5 Å². The van der Waals surface area contributed by atoms with E-state index in [1.54, 1.807) is 0 Å². The van der Waals surface area contributed by atoms with Crippen molar-refractivity contribution >= 4 is 15.8 Å². The summed E-state index contributed by atoms with van der Waals surface area (Å²) in [5.41, 5.74) is 0. The van der Waals surface area contributed by atoms with Gasteiger partial charge < -0.3 is 15.4 Å². The molecule has 0 saturated carbocycles. The van der Waals surface area contributed by atoms with Crippen molar-refractivity contribution in [1.29, 1.82) is 0 Å². The van der Waals surface area contributed by atoms with Gasteiger partial charge in [-0.05, 0) is 26.2 Å². The van der Waals surface area contributed by atoms with Crippen LogP contribution in [0.1, 0.15) is 26.2 Å². The third-order valence-corrected chi connectivity index (χ3v) is 4.43. The van der Waals surface area contributed by atoms with E-state index in [0.29, 0.717) is 18.1 Å². The number of fused-ring (bicyclic) bond motifs is 2. The van der Waals surface area contributed by atoms with Crippen LogP contribution in [0.25, 0.3) is 0 Å². The first-order valence-corrected chi connectivity index (χ1v) is 8.92. The van der Waals surface area contributed by atoms with Crippen molar-refractivity contribution in [3.05, 3.63) is 0 Å². The van der Waals surface area contributed by atoms with Gasteiger partial charge in [-0.25, -0.2) is 8.42 Å². The zero-order chi connectivity index (χ0) is 13.9. The van der Waals surface area contributed by atoms with Crippen LogP contribution in [0.3, 0.4) is 0 Å². The lowest BCUT2D eigenvalue weighted by Gasteiger charge is -2.22. The normalized spacial score (nSPS) is 30.6. The van der Waals surface area contributed by atoms with Gasteiger partial charge >= 0.3 is 0 Å². The van der Waals surface area contributed by atoms with Gasteiger partial charge in [-0.3, -0.25) is 4.99 Å². The molecule has 3 unspecified atom stereocenters. The largest absolute Gasteiger partial charge is 0.373 e. The molecule has 2 heterocycles. The van der Waals surface area contributed by atoms with Crippen molar-refractivity contribution in [2.75, 3.05) is 25.1 Å². The molecule has 7 heteroatoms. The summed E-state index contributed by atoms with van der Waals surface area (Å²) in [6, 6.07) is 0.301. The van der Waals surface area contributed by atoms with Crippen LogP contribution in [0.5, 0.6) is 0 Å². The predicted octanol–water partition coefficient (Wildman–Crippen LogP) is -0.0940. The van der Waals surface area contributed by atoms with E-state index in [9.17, 15) is 8.42 Å². The van der Waals surface area contributed by atoms with Crippen molar-refractivity contribution in [3.63, 3.8) is 0 Å². The van der Waals surface area contributed by atoms with Crippen LogP contribution in [0.15, 0.2) is 4.99 Å². The minimum absolute atomic E-state index is 0.0802. The second-order valence-electron chi connectivity index (χ2n) is 5.25. The first-order valence-electron chi connectivity index (χ1n) is 6.86. The van der Waals surface area contributed by atoms with Crippen LogP contribution in [0, 0.1) is 0 Å². The number of hydrogen-bond acceptors (Lipinski definition) is 4. The summed E-state index contributed by atoms with van der Waals surface area (Å²) in [6.07, 6.45) is 5.17. The molecule has 2 bridgehead atoms. The lowest BCUT2D eigenvalue weighted by molar-refractivity contribution is 0.0992. The van der Waals surface area contributed by atoms with Crippen molar-refractivity contribution in [1.82, 2.24) is 10.6 Å². The number of guanidine groups is 1. The summed E-state index contributed by atoms with van der Waals surface area (Å²) in [5, 5.41) is 6.50. The van der Waals surface area contributed by atoms with Gasteiger partial charge in [-0.15, -0.1) is 0 Å². The Balaban J connectivity index is 1.87. The molecule has 6 nitrogen and oxygen atoms in total. The number of rotatable bonds is 5. The molecule has 0 aromatic carbocycles. The minimum Gasteiger partial charge on any atom is -0.373 e. The van der Waals surface area contributed by atoms with Gasteiger partial charge in [0.15, 0.2) is 5.96 Å². The quantitative estimate of drug-likeness (QED) is 0.546. The topological polar surface area (TPSA) is 79.8 Å². The van der Waals surface area contributed by atoms with E-state index in [4.69, 9.17) is 4.74 Å². The summed E-state index contributed by atoms with van der Waals surface area (Å²) in [6.45, 7) is 3.04. The maximum atomic E-state index is 11.1. The van der Waals surface area contributed by atoms with E-state index in [2.05, 4.69) is 15.6 Å². The van der Waals surface area contributed by atoms with Crippen LogP contribution in [0.4, 0.5) is 0 Å². The monoisotopic (exact) mass is 289 g/mol. The fourth-order valence-electron chi connectivity index (χ4n) is 2.61. The molecular weight excluding hydrogens is 266 g/mol. The molecule has 0 aromatic heterocycles. The van der Waals surface area contributed by atoms with E-state index in [1.165, 1.54) is 6.26 Å². The Morgan fingerprint density at radius 1 is 1.42 bits per heavy atom. The minimum atomic E-state index is -2.96. The molecule has 2 fully saturated rings. The number of aliphatic imine (C=N–C) groups is 1. The zero-order valence-electron chi connectivity index (χ0n) is 11.6. The number of nitrogens with zero attached hydrogens (tertiary/aromatic N) is 1. The highest BCUT2D eigenvalue weighted by Gasteiger charge is 2.41. The first-order chi connectivity index (χ1) is 8.98. The average molecular weight is 289 g/mol. The number of hydrogen-bond donors (Lipinski definition) is 2. The van der Waals surface area contributed by atoms with E-state index in [-0.39, 0.29) is 18.4 Å². The summed E-state index contributed by atoms with van der Waals surface area (Å²) in [4.78, 5) is 4.31. The lowest BCUT2D eigenvalue weighted by atomic mass is 9.96. The molecule has 2 rings (SSSR count). The molecule has 2 aliphatic heterocycles. The first kappa shape index (κ1) is 14.6. The van der Waals surface area contributed by atoms with Gasteiger partial charge in [0, 0.05) is 12.8 Å². The fourth-order valence-corrected chi connectivity index (χ4v) is 3.03. The van der Waals surface area contributed by atoms with Crippen LogP contribution < -0.4 is 10.6 Å². The molecule has 0 spiro atoms. The van der Waals surface area contributed by atoms with Crippen LogP contribution in [-0.2, 0) is 14.6 Å². The lowest BCUT2D eigenvalue weighted by Crippen LogP contribution is -2.47. The predicted molar refractivity (Wildman–Crippen MR) is 75.1 cm³/mol. The molecular formula is C12H23N3O3S. The number of ether oxygens (including phenoxy) is 1. The number of sulfone groups is 1. The highest BCUT2D eigenvalue weighted by Crippen LogP contribution is 2.34. The summed E-state index contributed by atoms with van der Waals surface area (Å²) in [7, 11) is -2.96. The molecule has 110 valence electrons. The Bertz CT molecular complexity index is 436. The van der Waals surface area contributed by atoms with Crippen LogP contribution in [0.2, 0.25) is 0 Å². The third-order valence-electron chi connectivity index (χ3n) is 3.50. The van der Waals surface area contributed by atoms with Gasteiger partial charge in [-0.1, -0.05) is 0 Å². The molecule has 0 aromatic rings. The Morgan fingerprint density at radius 3 is 2.74 bits per heavy atom. The number of nitrogens with one attached hydrogen (secondary N) is 2. The summed E-state index contributed by atoms with van der Waals surface area (Å²) < 4.78 is 28.0. The zero-order valence-corrected chi connectivity index (χ0v) is 12.4. The maximum Gasteiger partial charge on any atom is 0.191 e. The van der Waals surface area contributed by atoms with Gasteiger partial charge in [0.25, 0.3) is 0 Å². The third kappa shape index (κ3) is 4.35. The highest BCUT2D eigenvalue weighted by molar-refractivity contribution is 7.90. The smallest absolute Gasteiger partial charge is 0.191 e. The standard InChI is InChI=1S/C12H23N3O3S/c1-3-13-12(14-6-7-19(2,16)17)15-10-8-9-4-5-11(10)18-9/h9-11H,3-8H2,1-2H3,(H2,13,14,15). The van der Waals surface area contributed by atoms with Crippen molar-refractivity contribution in [2.24, 2.45) is 4.99 Å². The van der Waals surface area contributed by atoms with Gasteiger partial charge in [-0.2, -0.15) is 0 Å². The molecule has 0 radical (unpaired) electrons. The van der Waals surface area contributed by atoms with E-state index in [0.717, 1.165) is 25.8 Å². The Kier molecular flexibility index (Phi) is 4.67. The Labute approximate surface area is 114 Å². The maximum absolute atomic E-state index is 11.1. The Morgan fingerprint density at radius 2 is 2.21 bits per heavy atom. The van der Waals surface area contributed by atoms with Crippen molar-refractivity contribution in [2.45, 2.75) is 44.4 Å². The molecule has 0 aliphatic carbocycles. The molecule has 2 saturated heterocycles. The SMILES string of the molecule is CCNC(=NCCS(C)(=O)=O)NC1CC2CCC1O2. The van der Waals surface area contributed by atoms with E-state index >= 15 is 0 Å². The fraction of sp³-hybridized carbons (Fsp3) is 0.917. The molecule has 2 aliphatic rings. The summed E-state index contributed by atoms with van der Waals surface area (Å²) in [5.74, 6) is 0.767. The van der Waals surface area contributed by atoms with Crippen LogP contribution >= 0.6 is 0 Å². The molecule has 19 heavy (non-hydrogen) atoms. The van der Waals surface area contributed by atoms with Gasteiger partial charge in [0.1, 0.15) is 9.84 Å². The highest BCUT2D eigenvalue weighted by atomic mass is 32.2. The van der Waals surface area contributed by atoms with E-state index in [1.807, 2.05) is 6.92 Å². The summed E-state index contributed by atoms with van der Waals surface area (Å²) >= 11 is 0. The van der Waals surface area contributed by atoms with Crippen molar-refractivity contribution < 1.29 is 13.2 Å². The molecule has 2 N–H and O–H groups in total. The molecule has 0 amide bonds. The van der Waals surface area contributed by atoms with Crippen LogP contribution in [-0.4, -0.2) is 57.7 Å².